The molecule has 3 rings (SSSR count). The lowest BCUT2D eigenvalue weighted by atomic mass is 9.95. The zero-order valence-corrected chi connectivity index (χ0v) is 9.26. The summed E-state index contributed by atoms with van der Waals surface area (Å²) in [6.07, 6.45) is 14.0. The zero-order chi connectivity index (χ0) is 10.8. The number of hydrogen-bond acceptors (Lipinski definition) is 3. The van der Waals surface area contributed by atoms with Crippen LogP contribution >= 0.6 is 0 Å². The van der Waals surface area contributed by atoms with Gasteiger partial charge < -0.3 is 9.72 Å². The third-order valence-electron chi connectivity index (χ3n) is 3.26. The van der Waals surface area contributed by atoms with Crippen LogP contribution in [0.4, 0.5) is 5.82 Å². The third kappa shape index (κ3) is 1.75. The molecule has 0 bridgehead atoms. The average molecular weight is 216 g/mol. The Kier molecular flexibility index (Phi) is 2.48. The van der Waals surface area contributed by atoms with Crippen molar-refractivity contribution in [3.63, 3.8) is 0 Å². The van der Waals surface area contributed by atoms with Gasteiger partial charge in [-0.25, -0.2) is 9.97 Å². The van der Waals surface area contributed by atoms with Gasteiger partial charge in [-0.3, -0.25) is 0 Å². The first-order chi connectivity index (χ1) is 7.93. The molecule has 1 saturated carbocycles. The highest BCUT2D eigenvalue weighted by Crippen LogP contribution is 2.22. The normalized spacial score (nSPS) is 17.8. The average Bonchev–Trinajstić information content (AvgIpc) is 2.80. The Morgan fingerprint density at radius 3 is 2.62 bits per heavy atom. The summed E-state index contributed by atoms with van der Waals surface area (Å²) < 4.78 is 2.00. The van der Waals surface area contributed by atoms with Crippen LogP contribution in [-0.2, 0) is 0 Å². The van der Waals surface area contributed by atoms with E-state index in [0.717, 1.165) is 11.5 Å². The number of anilines is 1. The molecule has 16 heavy (non-hydrogen) atoms. The fourth-order valence-electron chi connectivity index (χ4n) is 2.40. The van der Waals surface area contributed by atoms with Crippen molar-refractivity contribution >= 4 is 11.5 Å². The highest BCUT2D eigenvalue weighted by molar-refractivity contribution is 5.62. The van der Waals surface area contributed by atoms with E-state index in [0.29, 0.717) is 6.04 Å². The van der Waals surface area contributed by atoms with Crippen LogP contribution < -0.4 is 5.32 Å². The second kappa shape index (κ2) is 4.12. The molecule has 2 aromatic rings. The number of fused-ring (bicyclic) bond motifs is 1. The molecule has 0 saturated heterocycles. The maximum atomic E-state index is 4.38. The van der Waals surface area contributed by atoms with Gasteiger partial charge in [-0.2, -0.15) is 0 Å². The molecule has 2 aromatic heterocycles. The number of rotatable bonds is 2. The molecule has 2 heterocycles. The predicted molar refractivity (Wildman–Crippen MR) is 63.5 cm³/mol. The van der Waals surface area contributed by atoms with Gasteiger partial charge in [0, 0.05) is 30.8 Å². The summed E-state index contributed by atoms with van der Waals surface area (Å²) in [6.45, 7) is 0. The highest BCUT2D eigenvalue weighted by Gasteiger charge is 2.14. The first-order valence-corrected chi connectivity index (χ1v) is 5.98. The van der Waals surface area contributed by atoms with Crippen molar-refractivity contribution in [1.29, 1.82) is 0 Å². The summed E-state index contributed by atoms with van der Waals surface area (Å²) in [4.78, 5) is 8.70. The first-order valence-electron chi connectivity index (χ1n) is 5.98. The number of hydrogen-bond donors (Lipinski definition) is 1. The third-order valence-corrected chi connectivity index (χ3v) is 3.26. The van der Waals surface area contributed by atoms with Crippen LogP contribution in [0, 0.1) is 0 Å². The molecule has 4 nitrogen and oxygen atoms in total. The van der Waals surface area contributed by atoms with Crippen molar-refractivity contribution in [2.24, 2.45) is 0 Å². The fraction of sp³-hybridized carbons (Fsp3) is 0.500. The van der Waals surface area contributed by atoms with Gasteiger partial charge in [-0.15, -0.1) is 0 Å². The quantitative estimate of drug-likeness (QED) is 0.838. The van der Waals surface area contributed by atoms with Crippen LogP contribution in [0.3, 0.4) is 0 Å². The lowest BCUT2D eigenvalue weighted by Crippen LogP contribution is -2.23. The molecular weight excluding hydrogens is 200 g/mol. The van der Waals surface area contributed by atoms with E-state index in [9.17, 15) is 0 Å². The van der Waals surface area contributed by atoms with Gasteiger partial charge in [0.1, 0.15) is 0 Å². The van der Waals surface area contributed by atoms with Gasteiger partial charge in [0.15, 0.2) is 11.5 Å². The zero-order valence-electron chi connectivity index (χ0n) is 9.26. The van der Waals surface area contributed by atoms with Gasteiger partial charge >= 0.3 is 0 Å². The minimum Gasteiger partial charge on any atom is -0.364 e. The minimum absolute atomic E-state index is 0.573. The second-order valence-corrected chi connectivity index (χ2v) is 4.41. The summed E-state index contributed by atoms with van der Waals surface area (Å²) in [5.74, 6) is 0.916. The molecule has 4 heteroatoms. The standard InChI is InChI=1S/C12H16N4/c1-2-4-10(5-3-1)15-11-12-14-7-9-16(12)8-6-13-11/h6-10H,1-5H2,(H,13,15). The topological polar surface area (TPSA) is 42.2 Å². The van der Waals surface area contributed by atoms with Crippen molar-refractivity contribution in [3.05, 3.63) is 24.8 Å². The monoisotopic (exact) mass is 216 g/mol. The molecule has 0 aliphatic heterocycles. The van der Waals surface area contributed by atoms with Gasteiger partial charge in [-0.05, 0) is 12.8 Å². The summed E-state index contributed by atoms with van der Waals surface area (Å²) in [7, 11) is 0. The van der Waals surface area contributed by atoms with Crippen molar-refractivity contribution in [2.75, 3.05) is 5.32 Å². The summed E-state index contributed by atoms with van der Waals surface area (Å²) in [5.41, 5.74) is 0.924. The van der Waals surface area contributed by atoms with Crippen molar-refractivity contribution in [2.45, 2.75) is 38.1 Å². The molecule has 1 aliphatic rings. The lowest BCUT2D eigenvalue weighted by molar-refractivity contribution is 0.462. The maximum absolute atomic E-state index is 4.38. The van der Waals surface area contributed by atoms with Crippen LogP contribution in [0.25, 0.3) is 5.65 Å². The summed E-state index contributed by atoms with van der Waals surface area (Å²) in [6, 6.07) is 0.573. The van der Waals surface area contributed by atoms with Crippen LogP contribution in [0.15, 0.2) is 24.8 Å². The number of nitrogens with zero attached hydrogens (tertiary/aromatic N) is 3. The molecule has 0 amide bonds. The van der Waals surface area contributed by atoms with E-state index in [-0.39, 0.29) is 0 Å². The van der Waals surface area contributed by atoms with Crippen LogP contribution in [0.1, 0.15) is 32.1 Å². The van der Waals surface area contributed by atoms with E-state index in [2.05, 4.69) is 15.3 Å². The number of aromatic nitrogens is 3. The van der Waals surface area contributed by atoms with E-state index >= 15 is 0 Å². The van der Waals surface area contributed by atoms with E-state index in [1.807, 2.05) is 29.2 Å². The molecular formula is C12H16N4. The molecule has 1 fully saturated rings. The molecule has 0 radical (unpaired) electrons. The van der Waals surface area contributed by atoms with E-state index in [4.69, 9.17) is 0 Å². The molecule has 84 valence electrons. The number of nitrogens with one attached hydrogen (secondary N) is 1. The van der Waals surface area contributed by atoms with Gasteiger partial charge in [-0.1, -0.05) is 19.3 Å². The molecule has 0 atom stereocenters. The minimum atomic E-state index is 0.573. The Labute approximate surface area is 94.7 Å². The Balaban J connectivity index is 1.85. The Morgan fingerprint density at radius 1 is 1.06 bits per heavy atom. The lowest BCUT2D eigenvalue weighted by Gasteiger charge is -2.23. The summed E-state index contributed by atoms with van der Waals surface area (Å²) >= 11 is 0. The van der Waals surface area contributed by atoms with E-state index in [1.165, 1.54) is 32.1 Å². The first kappa shape index (κ1) is 9.63. The molecule has 0 aromatic carbocycles. The van der Waals surface area contributed by atoms with E-state index in [1.54, 1.807) is 0 Å². The summed E-state index contributed by atoms with van der Waals surface area (Å²) in [5, 5.41) is 3.52. The van der Waals surface area contributed by atoms with Crippen molar-refractivity contribution in [3.8, 4) is 0 Å². The smallest absolute Gasteiger partial charge is 0.180 e. The molecule has 1 aliphatic carbocycles. The largest absolute Gasteiger partial charge is 0.364 e. The van der Waals surface area contributed by atoms with Crippen molar-refractivity contribution < 1.29 is 0 Å². The number of imidazole rings is 1. The van der Waals surface area contributed by atoms with Gasteiger partial charge in [0.2, 0.25) is 0 Å². The van der Waals surface area contributed by atoms with Crippen molar-refractivity contribution in [1.82, 2.24) is 14.4 Å². The van der Waals surface area contributed by atoms with Crippen LogP contribution in [-0.4, -0.2) is 20.4 Å². The van der Waals surface area contributed by atoms with E-state index < -0.39 is 0 Å². The van der Waals surface area contributed by atoms with Gasteiger partial charge in [0.25, 0.3) is 0 Å². The second-order valence-electron chi connectivity index (χ2n) is 4.41. The predicted octanol–water partition coefficient (Wildman–Crippen LogP) is 2.47. The fourth-order valence-corrected chi connectivity index (χ4v) is 2.40. The Morgan fingerprint density at radius 2 is 1.81 bits per heavy atom. The Bertz CT molecular complexity index is 471. The van der Waals surface area contributed by atoms with Crippen LogP contribution in [0.5, 0.6) is 0 Å². The van der Waals surface area contributed by atoms with Gasteiger partial charge in [0.05, 0.1) is 0 Å². The highest BCUT2D eigenvalue weighted by atomic mass is 15.1. The molecule has 1 N–H and O–H groups in total. The molecule has 0 unspecified atom stereocenters. The maximum Gasteiger partial charge on any atom is 0.180 e. The van der Waals surface area contributed by atoms with Crippen LogP contribution in [0.2, 0.25) is 0 Å². The Hall–Kier alpha value is -1.58. The molecule has 0 spiro atoms. The SMILES string of the molecule is c1cn2ccnc2c(NC2CCCCC2)n1.